The van der Waals surface area contributed by atoms with Gasteiger partial charge >= 0.3 is 6.18 Å². The first-order valence-corrected chi connectivity index (χ1v) is 11.7. The van der Waals surface area contributed by atoms with Gasteiger partial charge in [0.25, 0.3) is 0 Å². The van der Waals surface area contributed by atoms with Gasteiger partial charge < -0.3 is 16.0 Å². The van der Waals surface area contributed by atoms with E-state index >= 15 is 0 Å². The Morgan fingerprint density at radius 2 is 2.00 bits per heavy atom. The number of carbonyl (C=O) groups excluding carboxylic acids is 1. The second kappa shape index (κ2) is 9.00. The number of hydrogen-bond donors (Lipinski definition) is 2. The van der Waals surface area contributed by atoms with Crippen LogP contribution in [0.1, 0.15) is 55.1 Å². The van der Waals surface area contributed by atoms with Gasteiger partial charge in [-0.25, -0.2) is 9.97 Å². The molecule has 2 heterocycles. The summed E-state index contributed by atoms with van der Waals surface area (Å²) in [5.74, 6) is 1.05. The third-order valence-corrected chi connectivity index (χ3v) is 7.06. The van der Waals surface area contributed by atoms with E-state index in [0.717, 1.165) is 42.9 Å². The van der Waals surface area contributed by atoms with Gasteiger partial charge in [-0.2, -0.15) is 13.2 Å². The Bertz CT molecular complexity index is 1100. The minimum atomic E-state index is -4.49. The normalized spacial score (nSPS) is 20.5. The smallest absolute Gasteiger partial charge is 0.399 e. The molecule has 1 aliphatic carbocycles. The number of benzene rings is 1. The van der Waals surface area contributed by atoms with Crippen molar-refractivity contribution in [2.75, 3.05) is 31.2 Å². The zero-order valence-corrected chi connectivity index (χ0v) is 20.2. The number of fused-ring (bicyclic) bond motifs is 1. The molecule has 0 saturated carbocycles. The van der Waals surface area contributed by atoms with E-state index in [-0.39, 0.29) is 22.3 Å². The second-order valence-corrected chi connectivity index (χ2v) is 10.3. The van der Waals surface area contributed by atoms with Gasteiger partial charge in [0, 0.05) is 30.8 Å². The molecule has 0 radical (unpaired) electrons. The quantitative estimate of drug-likeness (QED) is 0.419. The molecule has 1 fully saturated rings. The van der Waals surface area contributed by atoms with Crippen molar-refractivity contribution in [1.82, 2.24) is 14.9 Å². The monoisotopic (exact) mass is 495 g/mol. The number of likely N-dealkylation sites (tertiary alicyclic amines) is 1. The van der Waals surface area contributed by atoms with Crippen molar-refractivity contribution in [3.8, 4) is 0 Å². The van der Waals surface area contributed by atoms with Crippen LogP contribution in [0.15, 0.2) is 18.2 Å². The summed E-state index contributed by atoms with van der Waals surface area (Å²) < 4.78 is 39.7. The summed E-state index contributed by atoms with van der Waals surface area (Å²) in [5, 5.41) is 3.29. The van der Waals surface area contributed by atoms with Crippen molar-refractivity contribution in [2.45, 2.75) is 51.7 Å². The number of rotatable bonds is 7. The lowest BCUT2D eigenvalue weighted by Crippen LogP contribution is -2.56. The van der Waals surface area contributed by atoms with E-state index in [4.69, 9.17) is 17.3 Å². The fourth-order valence-electron chi connectivity index (χ4n) is 5.18. The van der Waals surface area contributed by atoms with Gasteiger partial charge in [-0.05, 0) is 74.5 Å². The summed E-state index contributed by atoms with van der Waals surface area (Å²) in [6, 6.07) is 3.03. The van der Waals surface area contributed by atoms with Gasteiger partial charge in [-0.1, -0.05) is 6.92 Å². The van der Waals surface area contributed by atoms with E-state index in [2.05, 4.69) is 20.2 Å². The van der Waals surface area contributed by atoms with E-state index in [1.807, 2.05) is 14.0 Å². The molecule has 34 heavy (non-hydrogen) atoms. The molecule has 0 bridgehead atoms. The Morgan fingerprint density at radius 3 is 2.65 bits per heavy atom. The highest BCUT2D eigenvalue weighted by atomic mass is 35.5. The van der Waals surface area contributed by atoms with Crippen LogP contribution >= 0.6 is 11.6 Å². The van der Waals surface area contributed by atoms with Crippen LogP contribution in [0.3, 0.4) is 0 Å². The van der Waals surface area contributed by atoms with Gasteiger partial charge in [0.1, 0.15) is 11.6 Å². The number of hydrogen-bond acceptors (Lipinski definition) is 6. The maximum Gasteiger partial charge on any atom is 0.416 e. The first kappa shape index (κ1) is 24.7. The van der Waals surface area contributed by atoms with Gasteiger partial charge in [0.15, 0.2) is 0 Å². The summed E-state index contributed by atoms with van der Waals surface area (Å²) >= 11 is 6.15. The number of nitrogens with one attached hydrogen (secondary N) is 1. The number of nitrogen functional groups attached to an aromatic ring is 1. The summed E-state index contributed by atoms with van der Waals surface area (Å²) in [5.41, 5.74) is 6.85. The number of Topliss-reactive ketones (excluding diaryl/α,β-unsaturated/α-hetero) is 1. The number of nitrogens with zero attached hydrogens (tertiary/aromatic N) is 3. The van der Waals surface area contributed by atoms with E-state index < -0.39 is 17.8 Å². The molecular weight excluding hydrogens is 467 g/mol. The zero-order valence-electron chi connectivity index (χ0n) is 19.5. The SMILES string of the molecule is C[C@@H](Nc1nc(Cl)nc2c1CC(CCC(=O)C1(C)CN(C)C1)C2)c1cc(N)cc(C(F)(F)F)c1. The molecule has 1 aliphatic heterocycles. The van der Waals surface area contributed by atoms with Crippen LogP contribution in [0.2, 0.25) is 5.28 Å². The van der Waals surface area contributed by atoms with Crippen molar-refractivity contribution in [2.24, 2.45) is 11.3 Å². The molecule has 4 rings (SSSR count). The number of ketones is 1. The third kappa shape index (κ3) is 5.15. The minimum Gasteiger partial charge on any atom is -0.399 e. The molecule has 0 spiro atoms. The maximum atomic E-state index is 13.2. The van der Waals surface area contributed by atoms with Gasteiger partial charge in [0.2, 0.25) is 5.28 Å². The Balaban J connectivity index is 1.46. The molecule has 3 N–H and O–H groups in total. The van der Waals surface area contributed by atoms with E-state index in [0.29, 0.717) is 36.4 Å². The zero-order chi connectivity index (χ0) is 24.8. The highest BCUT2D eigenvalue weighted by Crippen LogP contribution is 2.38. The fraction of sp³-hybridized carbons (Fsp3) is 0.542. The molecule has 6 nitrogen and oxygen atoms in total. The molecule has 1 aromatic heterocycles. The molecular formula is C24H29ClF3N5O. The highest BCUT2D eigenvalue weighted by Gasteiger charge is 2.42. The number of alkyl halides is 3. The minimum absolute atomic E-state index is 0.0421. The van der Waals surface area contributed by atoms with Crippen LogP contribution in [0.5, 0.6) is 0 Å². The molecule has 1 unspecified atom stereocenters. The van der Waals surface area contributed by atoms with E-state index in [1.165, 1.54) is 6.07 Å². The lowest BCUT2D eigenvalue weighted by molar-refractivity contribution is -0.138. The first-order valence-electron chi connectivity index (χ1n) is 11.4. The predicted octanol–water partition coefficient (Wildman–Crippen LogP) is 4.92. The lowest BCUT2D eigenvalue weighted by atomic mass is 9.76. The molecule has 0 amide bonds. The van der Waals surface area contributed by atoms with Crippen LogP contribution in [-0.4, -0.2) is 40.8 Å². The standard InChI is InChI=1S/C24H29ClF3N5O/c1-13(15-8-16(24(26,27)28)10-17(29)9-15)30-21-18-6-14(7-19(18)31-22(25)32-21)4-5-20(34)23(2)11-33(3)12-23/h8-10,13-14H,4-7,11-12,29H2,1-3H3,(H,30,31,32)/t13-,14?/m1/s1. The highest BCUT2D eigenvalue weighted by molar-refractivity contribution is 6.28. The Labute approximate surface area is 202 Å². The number of nitrogens with two attached hydrogens (primary N) is 1. The lowest BCUT2D eigenvalue weighted by Gasteiger charge is -2.45. The Kier molecular flexibility index (Phi) is 6.54. The van der Waals surface area contributed by atoms with Crippen LogP contribution < -0.4 is 11.1 Å². The van der Waals surface area contributed by atoms with Crippen molar-refractivity contribution >= 4 is 28.9 Å². The van der Waals surface area contributed by atoms with E-state index in [9.17, 15) is 18.0 Å². The maximum absolute atomic E-state index is 13.2. The van der Waals surface area contributed by atoms with E-state index in [1.54, 1.807) is 6.92 Å². The molecule has 2 atom stereocenters. The van der Waals surface area contributed by atoms with Crippen LogP contribution in [0.4, 0.5) is 24.7 Å². The fourth-order valence-corrected chi connectivity index (χ4v) is 5.37. The Hall–Kier alpha value is -2.39. The van der Waals surface area contributed by atoms with Crippen LogP contribution in [0, 0.1) is 11.3 Å². The second-order valence-electron chi connectivity index (χ2n) is 9.99. The number of aromatic nitrogens is 2. The van der Waals surface area contributed by atoms with Gasteiger partial charge in [-0.15, -0.1) is 0 Å². The topological polar surface area (TPSA) is 84.1 Å². The summed E-state index contributed by atoms with van der Waals surface area (Å²) in [6.45, 7) is 5.36. The van der Waals surface area contributed by atoms with Gasteiger partial charge in [-0.3, -0.25) is 4.79 Å². The largest absolute Gasteiger partial charge is 0.416 e. The molecule has 2 aromatic rings. The Morgan fingerprint density at radius 1 is 1.29 bits per heavy atom. The summed E-state index contributed by atoms with van der Waals surface area (Å²) in [7, 11) is 2.01. The van der Waals surface area contributed by atoms with Crippen LogP contribution in [-0.2, 0) is 23.8 Å². The van der Waals surface area contributed by atoms with Crippen molar-refractivity contribution < 1.29 is 18.0 Å². The summed E-state index contributed by atoms with van der Waals surface area (Å²) in [4.78, 5) is 23.5. The molecule has 2 aliphatic rings. The van der Waals surface area contributed by atoms with Gasteiger partial charge in [0.05, 0.1) is 22.7 Å². The number of anilines is 2. The number of halogens is 4. The predicted molar refractivity (Wildman–Crippen MR) is 126 cm³/mol. The molecule has 184 valence electrons. The molecule has 1 saturated heterocycles. The summed E-state index contributed by atoms with van der Waals surface area (Å²) in [6.07, 6.45) is -1.82. The average molecular weight is 496 g/mol. The third-order valence-electron chi connectivity index (χ3n) is 6.89. The average Bonchev–Trinajstić information content (AvgIpc) is 3.12. The first-order chi connectivity index (χ1) is 15.8. The van der Waals surface area contributed by atoms with Crippen molar-refractivity contribution in [3.05, 3.63) is 45.9 Å². The van der Waals surface area contributed by atoms with Crippen molar-refractivity contribution in [3.63, 3.8) is 0 Å². The number of carbonyl (C=O) groups is 1. The van der Waals surface area contributed by atoms with Crippen molar-refractivity contribution in [1.29, 1.82) is 0 Å². The van der Waals surface area contributed by atoms with Crippen LogP contribution in [0.25, 0.3) is 0 Å². The molecule has 10 heteroatoms. The molecule has 1 aromatic carbocycles.